The molecule has 0 unspecified atom stereocenters. The van der Waals surface area contributed by atoms with E-state index in [2.05, 4.69) is 37.9 Å². The van der Waals surface area contributed by atoms with E-state index in [1.807, 2.05) is 43.3 Å². The molecule has 2 aromatic rings. The van der Waals surface area contributed by atoms with E-state index >= 15 is 0 Å². The van der Waals surface area contributed by atoms with Crippen LogP contribution in [0.4, 0.5) is 5.13 Å². The van der Waals surface area contributed by atoms with Gasteiger partial charge in [-0.2, -0.15) is 0 Å². The zero-order chi connectivity index (χ0) is 16.8. The number of aromatic nitrogens is 2. The van der Waals surface area contributed by atoms with Gasteiger partial charge in [0.25, 0.3) is 0 Å². The average molecular weight is 331 g/mol. The van der Waals surface area contributed by atoms with Crippen LogP contribution in [0.15, 0.2) is 24.3 Å². The fourth-order valence-corrected chi connectivity index (χ4v) is 3.05. The van der Waals surface area contributed by atoms with Crippen LogP contribution in [0.2, 0.25) is 0 Å². The lowest BCUT2D eigenvalue weighted by Crippen LogP contribution is -2.41. The van der Waals surface area contributed by atoms with Gasteiger partial charge in [0.1, 0.15) is 5.01 Å². The lowest BCUT2D eigenvalue weighted by Gasteiger charge is -2.32. The first-order valence-corrected chi connectivity index (χ1v) is 8.48. The molecule has 7 heteroatoms. The van der Waals surface area contributed by atoms with E-state index in [9.17, 15) is 0 Å². The quantitative estimate of drug-likeness (QED) is 0.809. The van der Waals surface area contributed by atoms with Gasteiger partial charge >= 0.3 is 7.12 Å². The summed E-state index contributed by atoms with van der Waals surface area (Å²) in [5, 5.41) is 10.2. The summed E-state index contributed by atoms with van der Waals surface area (Å²) in [5.41, 5.74) is 1.42. The van der Waals surface area contributed by atoms with Crippen molar-refractivity contribution in [3.05, 3.63) is 24.3 Å². The first kappa shape index (κ1) is 16.4. The van der Waals surface area contributed by atoms with Crippen LogP contribution in [-0.4, -0.2) is 42.6 Å². The van der Waals surface area contributed by atoms with Crippen LogP contribution in [0.5, 0.6) is 0 Å². The molecule has 23 heavy (non-hydrogen) atoms. The van der Waals surface area contributed by atoms with E-state index in [4.69, 9.17) is 9.31 Å². The third kappa shape index (κ3) is 3.01. The molecule has 0 spiro atoms. The van der Waals surface area contributed by atoms with Crippen molar-refractivity contribution in [1.82, 2.24) is 10.2 Å². The Morgan fingerprint density at radius 1 is 0.957 bits per heavy atom. The fourth-order valence-electron chi connectivity index (χ4n) is 2.27. The van der Waals surface area contributed by atoms with Gasteiger partial charge in [-0.15, -0.1) is 10.2 Å². The molecule has 3 rings (SSSR count). The highest BCUT2D eigenvalue weighted by atomic mass is 32.1. The van der Waals surface area contributed by atoms with Crippen molar-refractivity contribution in [2.75, 3.05) is 19.0 Å². The monoisotopic (exact) mass is 331 g/mol. The van der Waals surface area contributed by atoms with Crippen LogP contribution in [0.3, 0.4) is 0 Å². The Morgan fingerprint density at radius 2 is 1.52 bits per heavy atom. The van der Waals surface area contributed by atoms with Gasteiger partial charge in [0.05, 0.1) is 11.2 Å². The maximum absolute atomic E-state index is 6.08. The molecule has 1 aliphatic heterocycles. The number of nitrogens with zero attached hydrogens (tertiary/aromatic N) is 3. The molecule has 1 aromatic heterocycles. The molecule has 5 nitrogen and oxygen atoms in total. The molecule has 0 aliphatic carbocycles. The third-order valence-electron chi connectivity index (χ3n) is 4.48. The Hall–Kier alpha value is -1.44. The lowest BCUT2D eigenvalue weighted by molar-refractivity contribution is 0.00578. The number of benzene rings is 1. The van der Waals surface area contributed by atoms with Gasteiger partial charge in [-0.3, -0.25) is 0 Å². The van der Waals surface area contributed by atoms with E-state index in [0.29, 0.717) is 0 Å². The van der Waals surface area contributed by atoms with E-state index in [0.717, 1.165) is 21.2 Å². The Morgan fingerprint density at radius 3 is 2.00 bits per heavy atom. The van der Waals surface area contributed by atoms with Gasteiger partial charge in [-0.1, -0.05) is 35.6 Å². The minimum Gasteiger partial charge on any atom is -0.399 e. The van der Waals surface area contributed by atoms with Crippen LogP contribution in [0.1, 0.15) is 27.7 Å². The second kappa shape index (κ2) is 5.58. The van der Waals surface area contributed by atoms with Crippen molar-refractivity contribution in [1.29, 1.82) is 0 Å². The van der Waals surface area contributed by atoms with E-state index in [1.54, 1.807) is 11.3 Å². The molecule has 122 valence electrons. The van der Waals surface area contributed by atoms with E-state index < -0.39 is 0 Å². The zero-order valence-electron chi connectivity index (χ0n) is 14.5. The molecule has 0 bridgehead atoms. The van der Waals surface area contributed by atoms with Crippen molar-refractivity contribution in [2.24, 2.45) is 0 Å². The van der Waals surface area contributed by atoms with Crippen molar-refractivity contribution >= 4 is 29.0 Å². The number of hydrogen-bond acceptors (Lipinski definition) is 6. The number of rotatable bonds is 3. The minimum atomic E-state index is -0.333. The second-order valence-corrected chi connectivity index (χ2v) is 7.95. The van der Waals surface area contributed by atoms with Gasteiger partial charge in [-0.25, -0.2) is 0 Å². The lowest BCUT2D eigenvalue weighted by atomic mass is 9.79. The predicted molar refractivity (Wildman–Crippen MR) is 95.4 cm³/mol. The highest BCUT2D eigenvalue weighted by molar-refractivity contribution is 7.18. The van der Waals surface area contributed by atoms with Crippen molar-refractivity contribution in [3.63, 3.8) is 0 Å². The molecule has 0 atom stereocenters. The first-order chi connectivity index (χ1) is 10.7. The van der Waals surface area contributed by atoms with Crippen LogP contribution in [0.25, 0.3) is 10.6 Å². The summed E-state index contributed by atoms with van der Waals surface area (Å²) in [4.78, 5) is 1.96. The summed E-state index contributed by atoms with van der Waals surface area (Å²) >= 11 is 1.57. The molecule has 0 radical (unpaired) electrons. The van der Waals surface area contributed by atoms with Crippen LogP contribution in [-0.2, 0) is 9.31 Å². The Labute approximate surface area is 141 Å². The minimum absolute atomic E-state index is 0.323. The summed E-state index contributed by atoms with van der Waals surface area (Å²) in [5.74, 6) is 0. The topological polar surface area (TPSA) is 47.5 Å². The summed E-state index contributed by atoms with van der Waals surface area (Å²) < 4.78 is 12.2. The van der Waals surface area contributed by atoms with Crippen molar-refractivity contribution in [2.45, 2.75) is 38.9 Å². The van der Waals surface area contributed by atoms with Gasteiger partial charge in [-0.05, 0) is 33.2 Å². The second-order valence-electron chi connectivity index (χ2n) is 6.99. The molecular weight excluding hydrogens is 309 g/mol. The average Bonchev–Trinajstić information content (AvgIpc) is 3.03. The molecule has 0 N–H and O–H groups in total. The number of hydrogen-bond donors (Lipinski definition) is 0. The SMILES string of the molecule is CN(C)c1nnc(-c2ccc(B3OC(C)(C)C(C)(C)O3)cc2)s1. The Bertz CT molecular complexity index is 682. The van der Waals surface area contributed by atoms with Crippen molar-refractivity contribution < 1.29 is 9.31 Å². The van der Waals surface area contributed by atoms with Gasteiger partial charge in [0, 0.05) is 19.7 Å². The molecule has 0 amide bonds. The van der Waals surface area contributed by atoms with Gasteiger partial charge in [0.15, 0.2) is 0 Å². The molecule has 0 saturated carbocycles. The van der Waals surface area contributed by atoms with Crippen LogP contribution >= 0.6 is 11.3 Å². The normalized spacial score (nSPS) is 19.1. The molecule has 1 fully saturated rings. The molecule has 1 aromatic carbocycles. The zero-order valence-corrected chi connectivity index (χ0v) is 15.3. The van der Waals surface area contributed by atoms with Crippen LogP contribution in [0, 0.1) is 0 Å². The number of anilines is 1. The summed E-state index contributed by atoms with van der Waals surface area (Å²) in [6.07, 6.45) is 0. The standard InChI is InChI=1S/C16H22BN3O2S/c1-15(2)16(3,4)22-17(21-15)12-9-7-11(8-10-12)13-18-19-14(23-13)20(5)6/h7-10H,1-6H3. The Kier molecular flexibility index (Phi) is 3.98. The summed E-state index contributed by atoms with van der Waals surface area (Å²) in [6, 6.07) is 8.16. The molecule has 2 heterocycles. The highest BCUT2D eigenvalue weighted by Crippen LogP contribution is 2.36. The highest BCUT2D eigenvalue weighted by Gasteiger charge is 2.51. The smallest absolute Gasteiger partial charge is 0.399 e. The maximum Gasteiger partial charge on any atom is 0.494 e. The maximum atomic E-state index is 6.08. The van der Waals surface area contributed by atoms with E-state index in [-0.39, 0.29) is 18.3 Å². The third-order valence-corrected chi connectivity index (χ3v) is 5.62. The predicted octanol–water partition coefficient (Wildman–Crippen LogP) is 2.57. The largest absolute Gasteiger partial charge is 0.494 e. The molecule has 1 aliphatic rings. The van der Waals surface area contributed by atoms with Gasteiger partial charge in [0.2, 0.25) is 5.13 Å². The Balaban J connectivity index is 1.80. The molecule has 1 saturated heterocycles. The molecular formula is C16H22BN3O2S. The van der Waals surface area contributed by atoms with Crippen LogP contribution < -0.4 is 10.4 Å². The van der Waals surface area contributed by atoms with Crippen molar-refractivity contribution in [3.8, 4) is 10.6 Å². The summed E-state index contributed by atoms with van der Waals surface area (Å²) in [6.45, 7) is 8.24. The summed E-state index contributed by atoms with van der Waals surface area (Å²) in [7, 11) is 3.60. The van der Waals surface area contributed by atoms with Gasteiger partial charge < -0.3 is 14.2 Å². The fraction of sp³-hybridized carbons (Fsp3) is 0.500. The first-order valence-electron chi connectivity index (χ1n) is 7.66. The van der Waals surface area contributed by atoms with E-state index in [1.165, 1.54) is 0 Å².